The van der Waals surface area contributed by atoms with Crippen molar-refractivity contribution < 1.29 is 33.6 Å². The maximum Gasteiger partial charge on any atom is 0.303 e. The number of hydrogen-bond acceptors (Lipinski definition) is 8. The average Bonchev–Trinajstić information content (AvgIpc) is 3.31. The molecule has 0 aliphatic heterocycles. The molecule has 2 aromatic carbocycles. The van der Waals surface area contributed by atoms with Crippen LogP contribution < -0.4 is 24.3 Å². The van der Waals surface area contributed by atoms with Crippen LogP contribution in [0.15, 0.2) is 30.3 Å². The predicted molar refractivity (Wildman–Crippen MR) is 119 cm³/mol. The summed E-state index contributed by atoms with van der Waals surface area (Å²) in [5.41, 5.74) is 2.71. The van der Waals surface area contributed by atoms with Gasteiger partial charge in [-0.25, -0.2) is 0 Å². The molecule has 0 unspecified atom stereocenters. The summed E-state index contributed by atoms with van der Waals surface area (Å²) >= 11 is 0. The lowest BCUT2D eigenvalue weighted by atomic mass is 10.0. The molecular formula is C22H24N4O7. The Kier molecular flexibility index (Phi) is 7.34. The number of carbonyl (C=O) groups is 2. The molecule has 0 aliphatic carbocycles. The molecule has 174 valence electrons. The quantitative estimate of drug-likeness (QED) is 0.419. The van der Waals surface area contributed by atoms with E-state index in [0.717, 1.165) is 0 Å². The number of rotatable bonds is 10. The van der Waals surface area contributed by atoms with Crippen molar-refractivity contribution in [3.05, 3.63) is 30.3 Å². The van der Waals surface area contributed by atoms with Crippen molar-refractivity contribution in [2.45, 2.75) is 12.8 Å². The lowest BCUT2D eigenvalue weighted by Crippen LogP contribution is -2.14. The summed E-state index contributed by atoms with van der Waals surface area (Å²) < 4.78 is 21.6. The fourth-order valence-electron chi connectivity index (χ4n) is 3.24. The van der Waals surface area contributed by atoms with Crippen LogP contribution in [0.1, 0.15) is 12.8 Å². The molecule has 0 spiro atoms. The van der Waals surface area contributed by atoms with E-state index < -0.39 is 11.9 Å². The highest BCUT2D eigenvalue weighted by Crippen LogP contribution is 2.42. The fourth-order valence-corrected chi connectivity index (χ4v) is 3.24. The monoisotopic (exact) mass is 456 g/mol. The van der Waals surface area contributed by atoms with Crippen LogP contribution in [-0.2, 0) is 9.59 Å². The first-order chi connectivity index (χ1) is 15.9. The van der Waals surface area contributed by atoms with Crippen LogP contribution in [0.5, 0.6) is 23.0 Å². The molecule has 0 saturated heterocycles. The maximum atomic E-state index is 12.2. The number of methoxy groups -OCH3 is 4. The van der Waals surface area contributed by atoms with Gasteiger partial charge in [-0.05, 0) is 30.3 Å². The molecule has 0 bridgehead atoms. The van der Waals surface area contributed by atoms with Gasteiger partial charge < -0.3 is 29.4 Å². The summed E-state index contributed by atoms with van der Waals surface area (Å²) in [4.78, 5) is 22.9. The lowest BCUT2D eigenvalue weighted by molar-refractivity contribution is -0.138. The standard InChI is InChI=1S/C22H24N4O7/c1-30-15-6-5-12(9-14(15)23-18(27)7-8-19(28)29)20-21(25-26-24-20)13-10-16(31-2)22(33-4)17(11-13)32-3/h5-6,9-11H,7-8H2,1-4H3,(H,23,27)(H,28,29)(H,24,25,26). The van der Waals surface area contributed by atoms with E-state index >= 15 is 0 Å². The van der Waals surface area contributed by atoms with Crippen LogP contribution in [0.3, 0.4) is 0 Å². The van der Waals surface area contributed by atoms with Gasteiger partial charge in [-0.3, -0.25) is 9.59 Å². The van der Waals surface area contributed by atoms with Gasteiger partial charge in [0.25, 0.3) is 0 Å². The van der Waals surface area contributed by atoms with E-state index in [4.69, 9.17) is 24.1 Å². The largest absolute Gasteiger partial charge is 0.495 e. The smallest absolute Gasteiger partial charge is 0.303 e. The van der Waals surface area contributed by atoms with Crippen LogP contribution >= 0.6 is 0 Å². The summed E-state index contributed by atoms with van der Waals surface area (Å²) in [7, 11) is 6.03. The Hall–Kier alpha value is -4.28. The van der Waals surface area contributed by atoms with E-state index in [1.165, 1.54) is 28.4 Å². The van der Waals surface area contributed by atoms with Crippen molar-refractivity contribution in [3.8, 4) is 45.5 Å². The number of carboxylic acid groups (broad SMARTS) is 1. The van der Waals surface area contributed by atoms with E-state index in [2.05, 4.69) is 20.7 Å². The van der Waals surface area contributed by atoms with Crippen molar-refractivity contribution in [2.75, 3.05) is 33.8 Å². The van der Waals surface area contributed by atoms with Gasteiger partial charge in [-0.1, -0.05) is 0 Å². The van der Waals surface area contributed by atoms with Gasteiger partial charge in [0.2, 0.25) is 11.7 Å². The minimum absolute atomic E-state index is 0.163. The number of amides is 1. The van der Waals surface area contributed by atoms with E-state index in [-0.39, 0.29) is 12.8 Å². The Bertz CT molecular complexity index is 1130. The van der Waals surface area contributed by atoms with Crippen molar-refractivity contribution in [3.63, 3.8) is 0 Å². The maximum absolute atomic E-state index is 12.2. The van der Waals surface area contributed by atoms with Gasteiger partial charge >= 0.3 is 5.97 Å². The van der Waals surface area contributed by atoms with E-state index in [0.29, 0.717) is 51.2 Å². The second-order valence-corrected chi connectivity index (χ2v) is 6.79. The number of ether oxygens (including phenoxy) is 4. The highest BCUT2D eigenvalue weighted by Gasteiger charge is 2.20. The molecule has 0 aliphatic rings. The molecule has 0 fully saturated rings. The highest BCUT2D eigenvalue weighted by atomic mass is 16.5. The number of H-pyrrole nitrogens is 1. The van der Waals surface area contributed by atoms with Gasteiger partial charge in [-0.15, -0.1) is 0 Å². The third-order valence-corrected chi connectivity index (χ3v) is 4.80. The first kappa shape index (κ1) is 23.4. The molecule has 3 rings (SSSR count). The molecular weight excluding hydrogens is 432 g/mol. The molecule has 11 heteroatoms. The summed E-state index contributed by atoms with van der Waals surface area (Å²) in [6.07, 6.45) is -0.439. The number of hydrogen-bond donors (Lipinski definition) is 3. The molecule has 0 saturated carbocycles. The van der Waals surface area contributed by atoms with E-state index in [9.17, 15) is 9.59 Å². The predicted octanol–water partition coefficient (Wildman–Crippen LogP) is 2.98. The van der Waals surface area contributed by atoms with Crippen LogP contribution in [0.25, 0.3) is 22.5 Å². The minimum atomic E-state index is -1.05. The van der Waals surface area contributed by atoms with Crippen LogP contribution in [0, 0.1) is 0 Å². The molecule has 1 heterocycles. The van der Waals surface area contributed by atoms with Gasteiger partial charge in [0.05, 0.1) is 40.5 Å². The zero-order chi connectivity index (χ0) is 24.0. The topological polar surface area (TPSA) is 145 Å². The molecule has 1 amide bonds. The molecule has 1 aromatic heterocycles. The van der Waals surface area contributed by atoms with E-state index in [1.54, 1.807) is 30.3 Å². The molecule has 3 N–H and O–H groups in total. The third-order valence-electron chi connectivity index (χ3n) is 4.80. The number of carboxylic acids is 1. The lowest BCUT2D eigenvalue weighted by Gasteiger charge is -2.14. The SMILES string of the molecule is COc1ccc(-c2n[nH]nc2-c2cc(OC)c(OC)c(OC)c2)cc1NC(=O)CCC(=O)O. The Labute approximate surface area is 189 Å². The second kappa shape index (κ2) is 10.4. The van der Waals surface area contributed by atoms with Crippen molar-refractivity contribution >= 4 is 17.6 Å². The Morgan fingerprint density at radius 1 is 0.848 bits per heavy atom. The molecule has 0 radical (unpaired) electrons. The number of nitrogens with zero attached hydrogens (tertiary/aromatic N) is 2. The van der Waals surface area contributed by atoms with Crippen molar-refractivity contribution in [1.82, 2.24) is 15.4 Å². The van der Waals surface area contributed by atoms with Crippen molar-refractivity contribution in [1.29, 1.82) is 0 Å². The molecule has 11 nitrogen and oxygen atoms in total. The second-order valence-electron chi connectivity index (χ2n) is 6.79. The number of carbonyl (C=O) groups excluding carboxylic acids is 1. The van der Waals surface area contributed by atoms with Gasteiger partial charge in [0, 0.05) is 17.5 Å². The summed E-state index contributed by atoms with van der Waals surface area (Å²) in [5.74, 6) is 0.287. The van der Waals surface area contributed by atoms with Crippen LogP contribution in [0.4, 0.5) is 5.69 Å². The summed E-state index contributed by atoms with van der Waals surface area (Å²) in [6.45, 7) is 0. The Balaban J connectivity index is 2.01. The van der Waals surface area contributed by atoms with Crippen LogP contribution in [-0.4, -0.2) is 60.8 Å². The Morgan fingerprint density at radius 2 is 1.45 bits per heavy atom. The number of benzene rings is 2. The minimum Gasteiger partial charge on any atom is -0.495 e. The summed E-state index contributed by atoms with van der Waals surface area (Å²) in [6, 6.07) is 8.62. The number of nitrogens with one attached hydrogen (secondary N) is 2. The van der Waals surface area contributed by atoms with Gasteiger partial charge in [0.15, 0.2) is 11.5 Å². The Morgan fingerprint density at radius 3 is 2.00 bits per heavy atom. The number of aromatic nitrogens is 3. The zero-order valence-electron chi connectivity index (χ0n) is 18.6. The molecule has 0 atom stereocenters. The van der Waals surface area contributed by atoms with Gasteiger partial charge in [-0.2, -0.15) is 15.4 Å². The number of aliphatic carboxylic acids is 1. The fraction of sp³-hybridized carbons (Fsp3) is 0.273. The normalized spacial score (nSPS) is 10.4. The average molecular weight is 456 g/mol. The van der Waals surface area contributed by atoms with Crippen LogP contribution in [0.2, 0.25) is 0 Å². The number of aromatic amines is 1. The first-order valence-electron chi connectivity index (χ1n) is 9.83. The zero-order valence-corrected chi connectivity index (χ0v) is 18.6. The number of anilines is 1. The highest BCUT2D eigenvalue weighted by molar-refractivity contribution is 5.95. The summed E-state index contributed by atoms with van der Waals surface area (Å²) in [5, 5.41) is 22.7. The molecule has 33 heavy (non-hydrogen) atoms. The van der Waals surface area contributed by atoms with Gasteiger partial charge in [0.1, 0.15) is 17.1 Å². The first-order valence-corrected chi connectivity index (χ1v) is 9.83. The van der Waals surface area contributed by atoms with E-state index in [1.807, 2.05) is 0 Å². The molecule has 3 aromatic rings. The van der Waals surface area contributed by atoms with Crippen molar-refractivity contribution in [2.24, 2.45) is 0 Å². The third kappa shape index (κ3) is 5.14.